The number of rotatable bonds is 8. The number of carbonyl (C=O) groups is 1. The van der Waals surface area contributed by atoms with Crippen LogP contribution in [0.25, 0.3) is 11.3 Å². The lowest BCUT2D eigenvalue weighted by atomic mass is 10.2. The lowest BCUT2D eigenvalue weighted by Gasteiger charge is -2.19. The number of aromatic nitrogens is 1. The second kappa shape index (κ2) is 8.93. The van der Waals surface area contributed by atoms with Crippen molar-refractivity contribution in [1.82, 2.24) is 4.98 Å². The number of nitrogens with zero attached hydrogens (tertiary/aromatic N) is 2. The summed E-state index contributed by atoms with van der Waals surface area (Å²) in [4.78, 5) is 20.0. The van der Waals surface area contributed by atoms with Gasteiger partial charge in [0.25, 0.3) is 5.91 Å². The molecule has 0 N–H and O–H groups in total. The summed E-state index contributed by atoms with van der Waals surface area (Å²) in [5.74, 6) is 0.782. The number of thiazole rings is 1. The molecule has 2 aromatic heterocycles. The summed E-state index contributed by atoms with van der Waals surface area (Å²) < 4.78 is 10.3. The van der Waals surface area contributed by atoms with Crippen LogP contribution in [0.4, 0.5) is 5.13 Å². The van der Waals surface area contributed by atoms with Gasteiger partial charge in [0, 0.05) is 31.2 Å². The zero-order chi connectivity index (χ0) is 18.4. The molecular weight excluding hydrogens is 368 g/mol. The van der Waals surface area contributed by atoms with Crippen molar-refractivity contribution in [2.45, 2.75) is 6.42 Å². The van der Waals surface area contributed by atoms with E-state index in [1.807, 2.05) is 47.2 Å². The van der Waals surface area contributed by atoms with E-state index in [1.165, 1.54) is 22.7 Å². The van der Waals surface area contributed by atoms with Crippen LogP contribution in [0, 0.1) is 0 Å². The number of ether oxygens (including phenoxy) is 2. The van der Waals surface area contributed by atoms with E-state index >= 15 is 0 Å². The molecule has 0 aliphatic heterocycles. The van der Waals surface area contributed by atoms with E-state index in [-0.39, 0.29) is 5.91 Å². The fourth-order valence-electron chi connectivity index (χ4n) is 2.47. The summed E-state index contributed by atoms with van der Waals surface area (Å²) >= 11 is 2.91. The smallest absolute Gasteiger partial charge is 0.270 e. The molecule has 0 unspecified atom stereocenters. The van der Waals surface area contributed by atoms with Crippen molar-refractivity contribution in [2.24, 2.45) is 0 Å². The molecule has 1 amide bonds. The molecule has 0 aliphatic carbocycles. The van der Waals surface area contributed by atoms with Gasteiger partial charge in [0.2, 0.25) is 0 Å². The Morgan fingerprint density at radius 1 is 1.15 bits per heavy atom. The molecule has 0 fully saturated rings. The molecule has 5 nitrogen and oxygen atoms in total. The van der Waals surface area contributed by atoms with E-state index in [0.717, 1.165) is 23.4 Å². The Bertz CT molecular complexity index is 829. The average molecular weight is 389 g/mol. The van der Waals surface area contributed by atoms with E-state index in [0.29, 0.717) is 23.2 Å². The Hall–Kier alpha value is -2.22. The highest BCUT2D eigenvalue weighted by Crippen LogP contribution is 2.30. The van der Waals surface area contributed by atoms with Crippen molar-refractivity contribution >= 4 is 33.7 Å². The predicted molar refractivity (Wildman–Crippen MR) is 107 cm³/mol. The zero-order valence-corrected chi connectivity index (χ0v) is 16.3. The second-order valence-electron chi connectivity index (χ2n) is 5.52. The van der Waals surface area contributed by atoms with Crippen LogP contribution in [0.1, 0.15) is 16.1 Å². The van der Waals surface area contributed by atoms with Gasteiger partial charge in [0.1, 0.15) is 5.75 Å². The van der Waals surface area contributed by atoms with Crippen molar-refractivity contribution in [3.05, 3.63) is 52.0 Å². The minimum Gasteiger partial charge on any atom is -0.497 e. The monoisotopic (exact) mass is 388 g/mol. The van der Waals surface area contributed by atoms with E-state index in [4.69, 9.17) is 14.5 Å². The van der Waals surface area contributed by atoms with Crippen LogP contribution in [0.2, 0.25) is 0 Å². The summed E-state index contributed by atoms with van der Waals surface area (Å²) in [6.45, 7) is 1.17. The molecule has 26 heavy (non-hydrogen) atoms. The average Bonchev–Trinajstić information content (AvgIpc) is 3.37. The fraction of sp³-hybridized carbons (Fsp3) is 0.263. The molecule has 0 spiro atoms. The van der Waals surface area contributed by atoms with Crippen molar-refractivity contribution in [3.8, 4) is 17.0 Å². The molecule has 2 heterocycles. The molecule has 0 saturated carbocycles. The van der Waals surface area contributed by atoms with Gasteiger partial charge in [0.05, 0.1) is 17.7 Å². The van der Waals surface area contributed by atoms with Crippen LogP contribution in [-0.2, 0) is 4.74 Å². The van der Waals surface area contributed by atoms with Crippen molar-refractivity contribution in [1.29, 1.82) is 0 Å². The van der Waals surface area contributed by atoms with Gasteiger partial charge >= 0.3 is 0 Å². The Labute approximate surface area is 160 Å². The molecule has 3 rings (SSSR count). The maximum absolute atomic E-state index is 12.9. The maximum atomic E-state index is 12.9. The minimum absolute atomic E-state index is 0.0215. The Kier molecular flexibility index (Phi) is 6.38. The normalized spacial score (nSPS) is 10.7. The van der Waals surface area contributed by atoms with Crippen LogP contribution in [0.3, 0.4) is 0 Å². The number of carbonyl (C=O) groups excluding carboxylic acids is 1. The summed E-state index contributed by atoms with van der Waals surface area (Å²) in [6, 6.07) is 11.5. The number of benzene rings is 1. The van der Waals surface area contributed by atoms with Crippen molar-refractivity contribution < 1.29 is 14.3 Å². The first kappa shape index (κ1) is 18.6. The summed E-state index contributed by atoms with van der Waals surface area (Å²) in [5.41, 5.74) is 1.84. The minimum atomic E-state index is -0.0215. The molecule has 0 atom stereocenters. The highest BCUT2D eigenvalue weighted by atomic mass is 32.1. The zero-order valence-electron chi connectivity index (χ0n) is 14.7. The molecule has 0 saturated heterocycles. The highest BCUT2D eigenvalue weighted by molar-refractivity contribution is 7.14. The topological polar surface area (TPSA) is 51.7 Å². The lowest BCUT2D eigenvalue weighted by Crippen LogP contribution is -2.31. The Balaban J connectivity index is 1.84. The van der Waals surface area contributed by atoms with E-state index in [2.05, 4.69) is 0 Å². The molecule has 0 bridgehead atoms. The van der Waals surface area contributed by atoms with Gasteiger partial charge in [-0.2, -0.15) is 0 Å². The van der Waals surface area contributed by atoms with Gasteiger partial charge in [-0.1, -0.05) is 6.07 Å². The van der Waals surface area contributed by atoms with Crippen molar-refractivity contribution in [3.63, 3.8) is 0 Å². The van der Waals surface area contributed by atoms with Gasteiger partial charge in [-0.15, -0.1) is 22.7 Å². The third-order valence-electron chi connectivity index (χ3n) is 3.82. The predicted octanol–water partition coefficient (Wildman–Crippen LogP) is 4.56. The van der Waals surface area contributed by atoms with Crippen LogP contribution in [-0.4, -0.2) is 38.3 Å². The van der Waals surface area contributed by atoms with E-state index in [9.17, 15) is 4.79 Å². The van der Waals surface area contributed by atoms with E-state index in [1.54, 1.807) is 19.1 Å². The summed E-state index contributed by atoms with van der Waals surface area (Å²) in [6.07, 6.45) is 0.755. The van der Waals surface area contributed by atoms with Gasteiger partial charge in [0.15, 0.2) is 5.13 Å². The largest absolute Gasteiger partial charge is 0.497 e. The first-order valence-electron chi connectivity index (χ1n) is 8.17. The second-order valence-corrected chi connectivity index (χ2v) is 7.31. The number of hydrogen-bond acceptors (Lipinski definition) is 6. The number of methoxy groups -OCH3 is 2. The highest BCUT2D eigenvalue weighted by Gasteiger charge is 2.21. The third-order valence-corrected chi connectivity index (χ3v) is 5.54. The first-order chi connectivity index (χ1) is 12.7. The summed E-state index contributed by atoms with van der Waals surface area (Å²) in [5, 5.41) is 4.58. The Morgan fingerprint density at radius 3 is 2.62 bits per heavy atom. The standard InChI is InChI=1S/C19H20N2O3S2/c1-23-11-4-10-21(18(22)17-5-3-12-25-17)19-20-16(13-26-19)14-6-8-15(24-2)9-7-14/h3,5-9,12-13H,4,10-11H2,1-2H3. The Morgan fingerprint density at radius 2 is 1.96 bits per heavy atom. The van der Waals surface area contributed by atoms with Gasteiger partial charge < -0.3 is 9.47 Å². The van der Waals surface area contributed by atoms with Crippen LogP contribution in [0.15, 0.2) is 47.2 Å². The van der Waals surface area contributed by atoms with Crippen LogP contribution >= 0.6 is 22.7 Å². The molecule has 7 heteroatoms. The molecule has 136 valence electrons. The molecule has 0 radical (unpaired) electrons. The molecular formula is C19H20N2O3S2. The third kappa shape index (κ3) is 4.30. The van der Waals surface area contributed by atoms with Crippen LogP contribution in [0.5, 0.6) is 5.75 Å². The van der Waals surface area contributed by atoms with Crippen LogP contribution < -0.4 is 9.64 Å². The molecule has 1 aromatic carbocycles. The van der Waals surface area contributed by atoms with Gasteiger partial charge in [-0.3, -0.25) is 9.69 Å². The fourth-order valence-corrected chi connectivity index (χ4v) is 4.00. The van der Waals surface area contributed by atoms with Gasteiger partial charge in [-0.25, -0.2) is 4.98 Å². The SMILES string of the molecule is COCCCN(C(=O)c1cccs1)c1nc(-c2ccc(OC)cc2)cs1. The van der Waals surface area contributed by atoms with Crippen molar-refractivity contribution in [2.75, 3.05) is 32.3 Å². The van der Waals surface area contributed by atoms with E-state index < -0.39 is 0 Å². The maximum Gasteiger partial charge on any atom is 0.270 e. The lowest BCUT2D eigenvalue weighted by molar-refractivity contribution is 0.0987. The van der Waals surface area contributed by atoms with Gasteiger partial charge in [-0.05, 0) is 42.1 Å². The first-order valence-corrected chi connectivity index (χ1v) is 9.93. The number of amides is 1. The number of anilines is 1. The number of hydrogen-bond donors (Lipinski definition) is 0. The molecule has 0 aliphatic rings. The summed E-state index contributed by atoms with van der Waals surface area (Å²) in [7, 11) is 3.31. The number of thiophene rings is 1. The quantitative estimate of drug-likeness (QED) is 0.531. The molecule has 3 aromatic rings.